The highest BCUT2D eigenvalue weighted by Crippen LogP contribution is 2.39. The first kappa shape index (κ1) is 20.4. The highest BCUT2D eigenvalue weighted by Gasteiger charge is 2.44. The summed E-state index contributed by atoms with van der Waals surface area (Å²) in [5.41, 5.74) is 0.732. The van der Waals surface area contributed by atoms with Gasteiger partial charge in [0.1, 0.15) is 12.4 Å². The maximum atomic E-state index is 13.0. The van der Waals surface area contributed by atoms with Gasteiger partial charge in [0.2, 0.25) is 5.78 Å². The second kappa shape index (κ2) is 8.79. The molecule has 1 aliphatic heterocycles. The molecule has 7 heteroatoms. The number of quaternary nitrogens is 1. The normalized spacial score (nSPS) is 16.6. The van der Waals surface area contributed by atoms with Gasteiger partial charge < -0.3 is 24.1 Å². The number of ketones is 1. The molecule has 3 rings (SSSR count). The standard InChI is InChI=1S/C22H24N2O5/c1-4-13-28-16-9-7-15(8-10-16)19-18(20(25)17-6-5-14-29-17)21(26)22(27)24(19)12-11-23(2)3/h4-10,14,19,26H,1,11-13H2,2-3H3/p+1/t19-/m1/s1. The molecule has 2 N–H and O–H groups in total. The lowest BCUT2D eigenvalue weighted by Gasteiger charge is -2.27. The maximum Gasteiger partial charge on any atom is 0.290 e. The molecule has 0 saturated carbocycles. The van der Waals surface area contributed by atoms with Gasteiger partial charge in [-0.2, -0.15) is 0 Å². The number of carbonyl (C=O) groups is 2. The molecule has 0 radical (unpaired) electrons. The van der Waals surface area contributed by atoms with Gasteiger partial charge in [0.05, 0.1) is 45.1 Å². The lowest BCUT2D eigenvalue weighted by Crippen LogP contribution is -3.06. The van der Waals surface area contributed by atoms with Crippen molar-refractivity contribution in [2.75, 3.05) is 33.8 Å². The molecule has 152 valence electrons. The van der Waals surface area contributed by atoms with Crippen LogP contribution in [0.4, 0.5) is 0 Å². The van der Waals surface area contributed by atoms with E-state index < -0.39 is 23.5 Å². The minimum absolute atomic E-state index is 0.0264. The number of amides is 1. The van der Waals surface area contributed by atoms with Crippen LogP contribution in [0.25, 0.3) is 0 Å². The van der Waals surface area contributed by atoms with Crippen LogP contribution in [0.5, 0.6) is 5.75 Å². The van der Waals surface area contributed by atoms with Crippen LogP contribution in [-0.4, -0.2) is 55.5 Å². The van der Waals surface area contributed by atoms with Crippen LogP contribution in [0.1, 0.15) is 22.2 Å². The van der Waals surface area contributed by atoms with Crippen molar-refractivity contribution in [3.8, 4) is 5.75 Å². The molecule has 0 spiro atoms. The van der Waals surface area contributed by atoms with E-state index in [-0.39, 0.29) is 11.3 Å². The van der Waals surface area contributed by atoms with Crippen molar-refractivity contribution in [2.24, 2.45) is 0 Å². The van der Waals surface area contributed by atoms with E-state index in [9.17, 15) is 14.7 Å². The van der Waals surface area contributed by atoms with Crippen molar-refractivity contribution in [1.29, 1.82) is 0 Å². The molecule has 0 bridgehead atoms. The zero-order valence-corrected chi connectivity index (χ0v) is 16.6. The molecule has 0 aliphatic carbocycles. The predicted molar refractivity (Wildman–Crippen MR) is 107 cm³/mol. The Kier molecular flexibility index (Phi) is 6.19. The molecule has 0 saturated heterocycles. The molecule has 1 aliphatic rings. The van der Waals surface area contributed by atoms with Crippen molar-refractivity contribution in [3.05, 3.63) is 78.0 Å². The van der Waals surface area contributed by atoms with E-state index in [4.69, 9.17) is 9.15 Å². The summed E-state index contributed by atoms with van der Waals surface area (Å²) in [5.74, 6) is -0.863. The number of ether oxygens (including phenoxy) is 1. The minimum atomic E-state index is -0.701. The summed E-state index contributed by atoms with van der Waals surface area (Å²) in [6.07, 6.45) is 3.03. The summed E-state index contributed by atoms with van der Waals surface area (Å²) in [6.45, 7) is 5.05. The number of rotatable bonds is 9. The third-order valence-electron chi connectivity index (χ3n) is 4.71. The first-order valence-corrected chi connectivity index (χ1v) is 9.39. The summed E-state index contributed by atoms with van der Waals surface area (Å²) in [7, 11) is 3.95. The molecule has 1 aromatic carbocycles. The molecule has 1 aromatic heterocycles. The zero-order valence-electron chi connectivity index (χ0n) is 16.6. The van der Waals surface area contributed by atoms with E-state index in [2.05, 4.69) is 6.58 Å². The number of hydrogen-bond acceptors (Lipinski definition) is 5. The first-order valence-electron chi connectivity index (χ1n) is 9.39. The fourth-order valence-electron chi connectivity index (χ4n) is 3.25. The number of benzene rings is 1. The van der Waals surface area contributed by atoms with Crippen LogP contribution < -0.4 is 9.64 Å². The highest BCUT2D eigenvalue weighted by atomic mass is 16.5. The van der Waals surface area contributed by atoms with Crippen molar-refractivity contribution in [3.63, 3.8) is 0 Å². The molecule has 0 unspecified atom stereocenters. The molecule has 29 heavy (non-hydrogen) atoms. The minimum Gasteiger partial charge on any atom is -0.503 e. The van der Waals surface area contributed by atoms with Gasteiger partial charge in [0.25, 0.3) is 5.91 Å². The summed E-state index contributed by atoms with van der Waals surface area (Å²) in [4.78, 5) is 28.5. The summed E-state index contributed by atoms with van der Waals surface area (Å²) in [6, 6.07) is 9.53. The zero-order chi connectivity index (χ0) is 21.0. The average Bonchev–Trinajstić information content (AvgIpc) is 3.33. The monoisotopic (exact) mass is 397 g/mol. The number of hydrogen-bond donors (Lipinski definition) is 2. The summed E-state index contributed by atoms with van der Waals surface area (Å²) < 4.78 is 10.7. The Balaban J connectivity index is 1.99. The molecular formula is C22H25N2O5+. The van der Waals surface area contributed by atoms with E-state index in [0.717, 1.165) is 4.90 Å². The van der Waals surface area contributed by atoms with Crippen LogP contribution in [0.3, 0.4) is 0 Å². The Bertz CT molecular complexity index is 913. The van der Waals surface area contributed by atoms with Crippen LogP contribution in [0.15, 0.2) is 71.1 Å². The Morgan fingerprint density at radius 3 is 2.62 bits per heavy atom. The maximum absolute atomic E-state index is 13.0. The van der Waals surface area contributed by atoms with E-state index in [1.807, 2.05) is 14.1 Å². The van der Waals surface area contributed by atoms with Crippen LogP contribution in [0, 0.1) is 0 Å². The molecule has 1 amide bonds. The van der Waals surface area contributed by atoms with Crippen molar-refractivity contribution in [2.45, 2.75) is 6.04 Å². The SMILES string of the molecule is C=CCOc1ccc([C@@H]2C(C(=O)c3ccco3)=C(O)C(=O)N2CC[NH+](C)C)cc1. The largest absolute Gasteiger partial charge is 0.503 e. The van der Waals surface area contributed by atoms with Crippen molar-refractivity contribution >= 4 is 11.7 Å². The summed E-state index contributed by atoms with van der Waals surface area (Å²) in [5, 5.41) is 10.5. The lowest BCUT2D eigenvalue weighted by molar-refractivity contribution is -0.857. The van der Waals surface area contributed by atoms with Gasteiger partial charge in [0.15, 0.2) is 11.5 Å². The van der Waals surface area contributed by atoms with Crippen molar-refractivity contribution in [1.82, 2.24) is 4.90 Å². The highest BCUT2D eigenvalue weighted by molar-refractivity contribution is 6.15. The van der Waals surface area contributed by atoms with E-state index in [1.165, 1.54) is 17.2 Å². The number of aliphatic hydroxyl groups excluding tert-OH is 1. The quantitative estimate of drug-likeness (QED) is 0.496. The van der Waals surface area contributed by atoms with Gasteiger partial charge in [-0.15, -0.1) is 0 Å². The number of furan rings is 1. The fourth-order valence-corrected chi connectivity index (χ4v) is 3.25. The number of nitrogens with zero attached hydrogens (tertiary/aromatic N) is 1. The van der Waals surface area contributed by atoms with Crippen LogP contribution in [-0.2, 0) is 4.79 Å². The lowest BCUT2D eigenvalue weighted by atomic mass is 9.95. The summed E-state index contributed by atoms with van der Waals surface area (Å²) >= 11 is 0. The fraction of sp³-hybridized carbons (Fsp3) is 0.273. The van der Waals surface area contributed by atoms with Gasteiger partial charge >= 0.3 is 0 Å². The van der Waals surface area contributed by atoms with Gasteiger partial charge in [-0.3, -0.25) is 9.59 Å². The van der Waals surface area contributed by atoms with Gasteiger partial charge in [-0.25, -0.2) is 0 Å². The number of carbonyl (C=O) groups excluding carboxylic acids is 2. The topological polar surface area (TPSA) is 84.4 Å². The molecule has 0 fully saturated rings. The van der Waals surface area contributed by atoms with Gasteiger partial charge in [-0.05, 0) is 29.8 Å². The number of Topliss-reactive ketones (excluding diaryl/α,β-unsaturated/α-hetero) is 1. The first-order chi connectivity index (χ1) is 13.9. The number of aliphatic hydroxyl groups is 1. The van der Waals surface area contributed by atoms with Gasteiger partial charge in [0, 0.05) is 0 Å². The molecule has 2 heterocycles. The second-order valence-corrected chi connectivity index (χ2v) is 7.10. The Morgan fingerprint density at radius 1 is 1.31 bits per heavy atom. The van der Waals surface area contributed by atoms with Crippen LogP contribution >= 0.6 is 0 Å². The third-order valence-corrected chi connectivity index (χ3v) is 4.71. The Hall–Kier alpha value is -3.32. The van der Waals surface area contributed by atoms with E-state index in [1.54, 1.807) is 36.4 Å². The average molecular weight is 397 g/mol. The molecule has 1 atom stereocenters. The third kappa shape index (κ3) is 4.25. The smallest absolute Gasteiger partial charge is 0.290 e. The predicted octanol–water partition coefficient (Wildman–Crippen LogP) is 1.57. The number of likely N-dealkylation sites (N-methyl/N-ethyl adjacent to an activating group) is 1. The molecular weight excluding hydrogens is 372 g/mol. The second-order valence-electron chi connectivity index (χ2n) is 7.10. The van der Waals surface area contributed by atoms with E-state index >= 15 is 0 Å². The number of nitrogens with one attached hydrogen (secondary N) is 1. The Morgan fingerprint density at radius 2 is 2.03 bits per heavy atom. The Labute approximate surface area is 169 Å². The van der Waals surface area contributed by atoms with Gasteiger partial charge in [-0.1, -0.05) is 24.8 Å². The molecule has 2 aromatic rings. The van der Waals surface area contributed by atoms with E-state index in [0.29, 0.717) is 31.0 Å². The van der Waals surface area contributed by atoms with Crippen LogP contribution in [0.2, 0.25) is 0 Å². The van der Waals surface area contributed by atoms with Crippen molar-refractivity contribution < 1.29 is 28.7 Å². The molecule has 7 nitrogen and oxygen atoms in total.